The highest BCUT2D eigenvalue weighted by Crippen LogP contribution is 2.17. The van der Waals surface area contributed by atoms with Crippen molar-refractivity contribution in [1.29, 1.82) is 0 Å². The van der Waals surface area contributed by atoms with Crippen LogP contribution in [0.3, 0.4) is 0 Å². The highest BCUT2D eigenvalue weighted by Gasteiger charge is 2.08. The molecular weight excluding hydrogens is 265 g/mol. The molecule has 0 aromatic heterocycles. The van der Waals surface area contributed by atoms with Crippen LogP contribution in [0.25, 0.3) is 0 Å². The van der Waals surface area contributed by atoms with E-state index in [1.807, 2.05) is 0 Å². The molecule has 3 nitrogen and oxygen atoms in total. The van der Waals surface area contributed by atoms with Crippen molar-refractivity contribution in [2.45, 2.75) is 19.6 Å². The molecule has 0 heterocycles. The molecule has 1 N–H and O–H groups in total. The number of hydrogen-bond acceptors (Lipinski definition) is 3. The molecule has 0 amide bonds. The lowest BCUT2D eigenvalue weighted by Gasteiger charge is -2.17. The van der Waals surface area contributed by atoms with Gasteiger partial charge in [-0.15, -0.1) is 0 Å². The number of thioether (sulfide) groups is 1. The standard InChI is InChI=1S/C14H20FNO2S/c1-3-16(4-2)7-8-19-10-12-9-11(14(17)18)5-6-13(12)15/h5-6,9H,3-4,7-8,10H2,1-2H3,(H,17,18). The van der Waals surface area contributed by atoms with Crippen LogP contribution >= 0.6 is 11.8 Å². The van der Waals surface area contributed by atoms with Crippen molar-refractivity contribution in [3.63, 3.8) is 0 Å². The molecule has 0 atom stereocenters. The fourth-order valence-corrected chi connectivity index (χ4v) is 2.71. The number of rotatable bonds is 8. The van der Waals surface area contributed by atoms with E-state index in [1.54, 1.807) is 11.8 Å². The summed E-state index contributed by atoms with van der Waals surface area (Å²) in [6.07, 6.45) is 0. The Kier molecular flexibility index (Phi) is 6.87. The molecule has 0 saturated heterocycles. The van der Waals surface area contributed by atoms with Gasteiger partial charge in [0.2, 0.25) is 0 Å². The molecule has 0 aliphatic carbocycles. The van der Waals surface area contributed by atoms with Crippen molar-refractivity contribution in [3.05, 3.63) is 35.1 Å². The molecule has 106 valence electrons. The van der Waals surface area contributed by atoms with Gasteiger partial charge in [-0.05, 0) is 36.9 Å². The van der Waals surface area contributed by atoms with E-state index in [4.69, 9.17) is 5.11 Å². The first kappa shape index (κ1) is 16.0. The number of benzene rings is 1. The average Bonchev–Trinajstić information content (AvgIpc) is 2.40. The summed E-state index contributed by atoms with van der Waals surface area (Å²) >= 11 is 1.63. The van der Waals surface area contributed by atoms with Crippen LogP contribution in [0.2, 0.25) is 0 Å². The van der Waals surface area contributed by atoms with Gasteiger partial charge in [-0.3, -0.25) is 0 Å². The van der Waals surface area contributed by atoms with Crippen LogP contribution in [0.4, 0.5) is 4.39 Å². The van der Waals surface area contributed by atoms with E-state index in [-0.39, 0.29) is 11.4 Å². The summed E-state index contributed by atoms with van der Waals surface area (Å²) in [5, 5.41) is 8.87. The van der Waals surface area contributed by atoms with Gasteiger partial charge in [-0.2, -0.15) is 11.8 Å². The summed E-state index contributed by atoms with van der Waals surface area (Å²) in [6, 6.07) is 3.94. The highest BCUT2D eigenvalue weighted by molar-refractivity contribution is 7.98. The lowest BCUT2D eigenvalue weighted by molar-refractivity contribution is 0.0696. The topological polar surface area (TPSA) is 40.5 Å². The molecule has 1 rings (SSSR count). The summed E-state index contributed by atoms with van der Waals surface area (Å²) in [6.45, 7) is 7.23. The second-order valence-electron chi connectivity index (χ2n) is 4.19. The molecule has 0 aliphatic heterocycles. The van der Waals surface area contributed by atoms with Crippen molar-refractivity contribution < 1.29 is 14.3 Å². The Morgan fingerprint density at radius 1 is 1.37 bits per heavy atom. The number of hydrogen-bond donors (Lipinski definition) is 1. The Balaban J connectivity index is 2.48. The number of carbonyl (C=O) groups is 1. The predicted octanol–water partition coefficient (Wildman–Crippen LogP) is 3.10. The van der Waals surface area contributed by atoms with Crippen LogP contribution in [0.5, 0.6) is 0 Å². The van der Waals surface area contributed by atoms with Gasteiger partial charge in [0.1, 0.15) is 5.82 Å². The Morgan fingerprint density at radius 2 is 2.05 bits per heavy atom. The Hall–Kier alpha value is -1.07. The molecule has 19 heavy (non-hydrogen) atoms. The van der Waals surface area contributed by atoms with Crippen LogP contribution < -0.4 is 0 Å². The minimum atomic E-state index is -1.02. The predicted molar refractivity (Wildman–Crippen MR) is 77.3 cm³/mol. The van der Waals surface area contributed by atoms with Gasteiger partial charge in [0.05, 0.1) is 5.56 Å². The third-order valence-electron chi connectivity index (χ3n) is 3.00. The van der Waals surface area contributed by atoms with E-state index in [1.165, 1.54) is 18.2 Å². The fraction of sp³-hybridized carbons (Fsp3) is 0.500. The second-order valence-corrected chi connectivity index (χ2v) is 5.30. The van der Waals surface area contributed by atoms with Gasteiger partial charge in [0.25, 0.3) is 0 Å². The molecule has 1 aromatic rings. The summed E-state index contributed by atoms with van der Waals surface area (Å²) < 4.78 is 13.5. The maximum absolute atomic E-state index is 13.5. The van der Waals surface area contributed by atoms with Crippen molar-refractivity contribution in [3.8, 4) is 0 Å². The molecule has 0 aliphatic rings. The minimum absolute atomic E-state index is 0.140. The van der Waals surface area contributed by atoms with Crippen LogP contribution in [-0.4, -0.2) is 41.4 Å². The van der Waals surface area contributed by atoms with Gasteiger partial charge in [-0.25, -0.2) is 9.18 Å². The molecule has 1 aromatic carbocycles. The lowest BCUT2D eigenvalue weighted by atomic mass is 10.1. The fourth-order valence-electron chi connectivity index (χ4n) is 1.73. The minimum Gasteiger partial charge on any atom is -0.478 e. The zero-order valence-electron chi connectivity index (χ0n) is 11.4. The quantitative estimate of drug-likeness (QED) is 0.745. The highest BCUT2D eigenvalue weighted by atomic mass is 32.2. The van der Waals surface area contributed by atoms with Crippen molar-refractivity contribution >= 4 is 17.7 Å². The number of carboxylic acids is 1. The molecule has 0 spiro atoms. The monoisotopic (exact) mass is 285 g/mol. The molecule has 5 heteroatoms. The van der Waals surface area contributed by atoms with Gasteiger partial charge in [0, 0.05) is 18.1 Å². The molecule has 0 bridgehead atoms. The van der Waals surface area contributed by atoms with E-state index in [0.29, 0.717) is 11.3 Å². The van der Waals surface area contributed by atoms with Crippen molar-refractivity contribution in [2.24, 2.45) is 0 Å². The molecule has 0 radical (unpaired) electrons. The van der Waals surface area contributed by atoms with E-state index < -0.39 is 5.97 Å². The van der Waals surface area contributed by atoms with E-state index in [9.17, 15) is 9.18 Å². The third kappa shape index (κ3) is 5.20. The first-order valence-corrected chi connectivity index (χ1v) is 7.55. The SMILES string of the molecule is CCN(CC)CCSCc1cc(C(=O)O)ccc1F. The van der Waals surface area contributed by atoms with Crippen molar-refractivity contribution in [2.75, 3.05) is 25.4 Å². The Morgan fingerprint density at radius 3 is 2.63 bits per heavy atom. The zero-order chi connectivity index (χ0) is 14.3. The summed E-state index contributed by atoms with van der Waals surface area (Å²) in [4.78, 5) is 13.1. The summed E-state index contributed by atoms with van der Waals surface area (Å²) in [5.41, 5.74) is 0.602. The van der Waals surface area contributed by atoms with Gasteiger partial charge < -0.3 is 10.0 Å². The second kappa shape index (κ2) is 8.17. The number of carboxylic acid groups (broad SMARTS) is 1. The first-order valence-electron chi connectivity index (χ1n) is 6.40. The van der Waals surface area contributed by atoms with E-state index in [0.717, 1.165) is 25.4 Å². The van der Waals surface area contributed by atoms with Gasteiger partial charge in [-0.1, -0.05) is 13.8 Å². The number of halogens is 1. The Bertz CT molecular complexity index is 422. The van der Waals surface area contributed by atoms with Gasteiger partial charge >= 0.3 is 5.97 Å². The van der Waals surface area contributed by atoms with E-state index in [2.05, 4.69) is 18.7 Å². The molecular formula is C14H20FNO2S. The average molecular weight is 285 g/mol. The maximum Gasteiger partial charge on any atom is 0.335 e. The van der Waals surface area contributed by atoms with Crippen LogP contribution in [0.15, 0.2) is 18.2 Å². The lowest BCUT2D eigenvalue weighted by Crippen LogP contribution is -2.25. The first-order chi connectivity index (χ1) is 9.08. The summed E-state index contributed by atoms with van der Waals surface area (Å²) in [5.74, 6) is 0.0712. The van der Waals surface area contributed by atoms with Crippen molar-refractivity contribution in [1.82, 2.24) is 4.90 Å². The zero-order valence-corrected chi connectivity index (χ0v) is 12.2. The molecule has 0 unspecified atom stereocenters. The Labute approximate surface area is 117 Å². The van der Waals surface area contributed by atoms with Crippen LogP contribution in [0.1, 0.15) is 29.8 Å². The van der Waals surface area contributed by atoms with Gasteiger partial charge in [0.15, 0.2) is 0 Å². The molecule has 0 saturated carbocycles. The maximum atomic E-state index is 13.5. The smallest absolute Gasteiger partial charge is 0.335 e. The number of nitrogens with zero attached hydrogens (tertiary/aromatic N) is 1. The largest absolute Gasteiger partial charge is 0.478 e. The van der Waals surface area contributed by atoms with E-state index >= 15 is 0 Å². The van der Waals surface area contributed by atoms with Crippen LogP contribution in [0, 0.1) is 5.82 Å². The summed E-state index contributed by atoms with van der Waals surface area (Å²) in [7, 11) is 0. The molecule has 0 fully saturated rings. The number of aromatic carboxylic acids is 1. The van der Waals surface area contributed by atoms with Crippen LogP contribution in [-0.2, 0) is 5.75 Å². The normalized spacial score (nSPS) is 10.9. The third-order valence-corrected chi connectivity index (χ3v) is 3.98.